The molecule has 9 heteroatoms. The highest BCUT2D eigenvalue weighted by atomic mass is 32.2. The van der Waals surface area contributed by atoms with E-state index in [0.29, 0.717) is 17.3 Å². The van der Waals surface area contributed by atoms with Crippen LogP contribution in [0.25, 0.3) is 6.08 Å². The Kier molecular flexibility index (Phi) is 4.69. The predicted octanol–water partition coefficient (Wildman–Crippen LogP) is 3.13. The molecule has 0 aromatic carbocycles. The van der Waals surface area contributed by atoms with Crippen LogP contribution in [-0.4, -0.2) is 37.6 Å². The number of H-pyrrole nitrogens is 1. The van der Waals surface area contributed by atoms with Crippen LogP contribution in [0.15, 0.2) is 68.3 Å². The topological polar surface area (TPSA) is 101 Å². The zero-order valence-electron chi connectivity index (χ0n) is 13.6. The molecule has 26 heavy (non-hydrogen) atoms. The van der Waals surface area contributed by atoms with E-state index in [1.165, 1.54) is 23.1 Å². The van der Waals surface area contributed by atoms with Crippen molar-refractivity contribution in [1.82, 2.24) is 20.2 Å². The van der Waals surface area contributed by atoms with Crippen LogP contribution >= 0.6 is 11.8 Å². The lowest BCUT2D eigenvalue weighted by Gasteiger charge is -2.19. The van der Waals surface area contributed by atoms with Gasteiger partial charge in [0.2, 0.25) is 0 Å². The largest absolute Gasteiger partial charge is 0.467 e. The summed E-state index contributed by atoms with van der Waals surface area (Å²) in [7, 11) is 0. The molecule has 0 radical (unpaired) electrons. The lowest BCUT2D eigenvalue weighted by molar-refractivity contribution is -0.130. The van der Waals surface area contributed by atoms with Crippen molar-refractivity contribution >= 4 is 29.5 Å². The molecule has 1 amide bonds. The fourth-order valence-corrected chi connectivity index (χ4v) is 3.22. The molecule has 3 aromatic rings. The van der Waals surface area contributed by atoms with Crippen molar-refractivity contribution in [1.29, 1.82) is 0 Å². The number of rotatable bonds is 6. The monoisotopic (exact) mass is 369 g/mol. The molecule has 132 valence electrons. The molecule has 8 nitrogen and oxygen atoms in total. The van der Waals surface area contributed by atoms with Gasteiger partial charge in [0, 0.05) is 6.42 Å². The fraction of sp³-hybridized carbons (Fsp3) is 0.176. The number of aromatic nitrogens is 3. The number of carbonyl (C=O) groups excluding carboxylic acids is 1. The van der Waals surface area contributed by atoms with Gasteiger partial charge < -0.3 is 8.83 Å². The van der Waals surface area contributed by atoms with E-state index >= 15 is 0 Å². The number of carbonyl (C=O) groups is 1. The second kappa shape index (κ2) is 7.44. The van der Waals surface area contributed by atoms with E-state index in [2.05, 4.69) is 20.3 Å². The first-order valence-corrected chi connectivity index (χ1v) is 8.91. The van der Waals surface area contributed by atoms with Gasteiger partial charge in [-0.2, -0.15) is 10.2 Å². The van der Waals surface area contributed by atoms with Crippen LogP contribution in [0, 0.1) is 0 Å². The van der Waals surface area contributed by atoms with E-state index in [-0.39, 0.29) is 17.7 Å². The summed E-state index contributed by atoms with van der Waals surface area (Å²) in [6.07, 6.45) is 8.87. The van der Waals surface area contributed by atoms with Crippen LogP contribution in [0.4, 0.5) is 0 Å². The number of hydrogen-bond donors (Lipinski definition) is 1. The maximum Gasteiger partial charge on any atom is 0.253 e. The summed E-state index contributed by atoms with van der Waals surface area (Å²) in [5.74, 6) is 1.50. The molecule has 0 saturated carbocycles. The van der Waals surface area contributed by atoms with Gasteiger partial charge in [-0.1, -0.05) is 11.8 Å². The lowest BCUT2D eigenvalue weighted by atomic mass is 10.1. The van der Waals surface area contributed by atoms with Crippen LogP contribution in [0.1, 0.15) is 24.0 Å². The van der Waals surface area contributed by atoms with Gasteiger partial charge in [0.1, 0.15) is 23.9 Å². The van der Waals surface area contributed by atoms with Crippen molar-refractivity contribution in [3.63, 3.8) is 0 Å². The minimum atomic E-state index is -0.260. The third kappa shape index (κ3) is 3.62. The number of hydrazone groups is 1. The molecule has 4 heterocycles. The van der Waals surface area contributed by atoms with E-state index in [1.807, 2.05) is 30.4 Å². The first kappa shape index (κ1) is 16.4. The number of aromatic amines is 1. The Hall–Kier alpha value is -3.07. The average molecular weight is 369 g/mol. The Morgan fingerprint density at radius 2 is 2.19 bits per heavy atom. The number of nitrogens with one attached hydrogen (secondary N) is 1. The summed E-state index contributed by atoms with van der Waals surface area (Å²) in [6, 6.07) is 7.07. The molecule has 1 aliphatic heterocycles. The molecule has 1 aliphatic rings. The molecule has 0 unspecified atom stereocenters. The molecule has 4 rings (SSSR count). The number of nitrogens with zero attached hydrogens (tertiary/aromatic N) is 4. The minimum absolute atomic E-state index is 0.130. The number of allylic oxidation sites excluding steroid dienone is 1. The quantitative estimate of drug-likeness (QED) is 0.670. The van der Waals surface area contributed by atoms with Crippen molar-refractivity contribution in [3.8, 4) is 0 Å². The van der Waals surface area contributed by atoms with Crippen molar-refractivity contribution in [2.45, 2.75) is 17.6 Å². The molecular weight excluding hydrogens is 354 g/mol. The van der Waals surface area contributed by atoms with Crippen LogP contribution in [0.2, 0.25) is 0 Å². The van der Waals surface area contributed by atoms with Gasteiger partial charge in [-0.05, 0) is 36.4 Å². The molecule has 0 bridgehead atoms. The zero-order valence-corrected chi connectivity index (χ0v) is 14.4. The van der Waals surface area contributed by atoms with Gasteiger partial charge in [-0.15, -0.1) is 0 Å². The molecule has 0 fully saturated rings. The molecule has 1 N–H and O–H groups in total. The van der Waals surface area contributed by atoms with E-state index < -0.39 is 0 Å². The van der Waals surface area contributed by atoms with E-state index in [4.69, 9.17) is 8.83 Å². The standard InChI is InChI=1S/C17H15N5O3S/c23-16(10-26-17-18-11-19-20-17)22-14(15-4-2-8-25-15)9-12(21-22)5-6-13-3-1-7-24-13/h1-8,11,14H,9-10H2,(H,18,19,20)/b6-5+/t14-/m1/s1. The fourth-order valence-electron chi connectivity index (χ4n) is 2.59. The number of furan rings is 2. The van der Waals surface area contributed by atoms with E-state index in [1.54, 1.807) is 18.6 Å². The van der Waals surface area contributed by atoms with Gasteiger partial charge in [0.05, 0.1) is 24.0 Å². The molecule has 0 spiro atoms. The lowest BCUT2D eigenvalue weighted by Crippen LogP contribution is -2.28. The van der Waals surface area contributed by atoms with E-state index in [9.17, 15) is 4.79 Å². The minimum Gasteiger partial charge on any atom is -0.467 e. The highest BCUT2D eigenvalue weighted by Crippen LogP contribution is 2.32. The van der Waals surface area contributed by atoms with Gasteiger partial charge in [0.15, 0.2) is 5.16 Å². The van der Waals surface area contributed by atoms with Gasteiger partial charge in [0.25, 0.3) is 5.91 Å². The molecule has 0 aliphatic carbocycles. The summed E-state index contributed by atoms with van der Waals surface area (Å²) in [5.41, 5.74) is 0.779. The Morgan fingerprint density at radius 3 is 2.92 bits per heavy atom. The SMILES string of the molecule is O=C(CSc1ncn[nH]1)N1N=C(/C=C/c2ccco2)C[C@@H]1c1ccco1. The van der Waals surface area contributed by atoms with Gasteiger partial charge in [-0.3, -0.25) is 9.89 Å². The predicted molar refractivity (Wildman–Crippen MR) is 95.2 cm³/mol. The second-order valence-electron chi connectivity index (χ2n) is 5.49. The van der Waals surface area contributed by atoms with Gasteiger partial charge in [-0.25, -0.2) is 9.99 Å². The van der Waals surface area contributed by atoms with Crippen molar-refractivity contribution in [2.24, 2.45) is 5.10 Å². The highest BCUT2D eigenvalue weighted by molar-refractivity contribution is 7.99. The number of thioether (sulfide) groups is 1. The number of hydrogen-bond acceptors (Lipinski definition) is 7. The smallest absolute Gasteiger partial charge is 0.253 e. The van der Waals surface area contributed by atoms with Crippen LogP contribution in [0.5, 0.6) is 0 Å². The molecule has 1 atom stereocenters. The van der Waals surface area contributed by atoms with Crippen LogP contribution in [0.3, 0.4) is 0 Å². The summed E-state index contributed by atoms with van der Waals surface area (Å²) in [5, 5.41) is 13.0. The van der Waals surface area contributed by atoms with E-state index in [0.717, 1.165) is 11.5 Å². The Morgan fingerprint density at radius 1 is 1.31 bits per heavy atom. The molecular formula is C17H15N5O3S. The maximum atomic E-state index is 12.7. The van der Waals surface area contributed by atoms with Crippen LogP contribution < -0.4 is 0 Å². The zero-order chi connectivity index (χ0) is 17.8. The highest BCUT2D eigenvalue weighted by Gasteiger charge is 2.33. The average Bonchev–Trinajstić information content (AvgIpc) is 3.45. The Balaban J connectivity index is 1.50. The third-order valence-corrected chi connectivity index (χ3v) is 4.63. The molecule has 3 aromatic heterocycles. The van der Waals surface area contributed by atoms with Gasteiger partial charge >= 0.3 is 0 Å². The Labute approximate surface area is 153 Å². The summed E-state index contributed by atoms with van der Waals surface area (Å²) < 4.78 is 10.8. The van der Waals surface area contributed by atoms with Crippen LogP contribution in [-0.2, 0) is 4.79 Å². The molecule has 0 saturated heterocycles. The Bertz CT molecular complexity index is 901. The van der Waals surface area contributed by atoms with Crippen molar-refractivity contribution in [3.05, 3.63) is 60.7 Å². The summed E-state index contributed by atoms with van der Waals surface area (Å²) >= 11 is 1.28. The second-order valence-corrected chi connectivity index (χ2v) is 6.46. The summed E-state index contributed by atoms with van der Waals surface area (Å²) in [6.45, 7) is 0. The number of amides is 1. The van der Waals surface area contributed by atoms with Crippen molar-refractivity contribution < 1.29 is 13.6 Å². The third-order valence-electron chi connectivity index (χ3n) is 3.77. The van der Waals surface area contributed by atoms with Crippen molar-refractivity contribution in [2.75, 3.05) is 5.75 Å². The maximum absolute atomic E-state index is 12.7. The summed E-state index contributed by atoms with van der Waals surface area (Å²) in [4.78, 5) is 16.7. The normalized spacial score (nSPS) is 17.2. The first-order chi connectivity index (χ1) is 12.8. The first-order valence-electron chi connectivity index (χ1n) is 7.92.